The molecule has 0 fully saturated rings. The molecule has 0 atom stereocenters. The minimum Gasteiger partial charge on any atom is -0.465 e. The van der Waals surface area contributed by atoms with E-state index in [1.807, 2.05) is 55.7 Å². The van der Waals surface area contributed by atoms with Crippen molar-refractivity contribution in [1.29, 1.82) is 0 Å². The van der Waals surface area contributed by atoms with Crippen LogP contribution >= 0.6 is 0 Å². The van der Waals surface area contributed by atoms with E-state index < -0.39 is 5.97 Å². The van der Waals surface area contributed by atoms with E-state index in [-0.39, 0.29) is 12.4 Å². The summed E-state index contributed by atoms with van der Waals surface area (Å²) in [5.41, 5.74) is 4.49. The van der Waals surface area contributed by atoms with Gasteiger partial charge in [-0.3, -0.25) is 4.79 Å². The quantitative estimate of drug-likeness (QED) is 0.369. The van der Waals surface area contributed by atoms with E-state index in [1.165, 1.54) is 24.0 Å². The van der Waals surface area contributed by atoms with Gasteiger partial charge < -0.3 is 13.7 Å². The Kier molecular flexibility index (Phi) is 5.41. The largest absolute Gasteiger partial charge is 0.465 e. The summed E-state index contributed by atoms with van der Waals surface area (Å²) in [6.07, 6.45) is 4.25. The predicted octanol–water partition coefficient (Wildman–Crippen LogP) is 4.43. The highest BCUT2D eigenvalue weighted by Gasteiger charge is 2.17. The number of furan rings is 1. The molecule has 0 saturated carbocycles. The summed E-state index contributed by atoms with van der Waals surface area (Å²) in [4.78, 5) is 24.3. The van der Waals surface area contributed by atoms with E-state index in [4.69, 9.17) is 9.15 Å². The minimum atomic E-state index is -0.591. The lowest BCUT2D eigenvalue weighted by Crippen LogP contribution is -2.13. The molecule has 0 unspecified atom stereocenters. The number of carbonyl (C=O) groups excluding carboxylic acids is 2. The minimum absolute atomic E-state index is 0.235. The number of aromatic nitrogens is 1. The van der Waals surface area contributed by atoms with Crippen LogP contribution in [0.15, 0.2) is 59.2 Å². The van der Waals surface area contributed by atoms with Gasteiger partial charge in [0.15, 0.2) is 6.61 Å². The fourth-order valence-electron chi connectivity index (χ4n) is 2.94. The van der Waals surface area contributed by atoms with Crippen molar-refractivity contribution in [2.75, 3.05) is 6.61 Å². The normalized spacial score (nSPS) is 11.1. The lowest BCUT2D eigenvalue weighted by Gasteiger charge is -2.10. The van der Waals surface area contributed by atoms with Crippen LogP contribution in [0.3, 0.4) is 0 Å². The van der Waals surface area contributed by atoms with E-state index in [1.54, 1.807) is 12.1 Å². The zero-order valence-electron chi connectivity index (χ0n) is 15.6. The van der Waals surface area contributed by atoms with Crippen LogP contribution in [0.5, 0.6) is 0 Å². The number of hydrogen-bond donors (Lipinski definition) is 0. The summed E-state index contributed by atoms with van der Waals surface area (Å²) in [5.74, 6) is -0.284. The van der Waals surface area contributed by atoms with Crippen molar-refractivity contribution < 1.29 is 18.7 Å². The number of hydrogen-bond acceptors (Lipinski definition) is 4. The summed E-state index contributed by atoms with van der Waals surface area (Å²) in [6, 6.07) is 13.4. The van der Waals surface area contributed by atoms with E-state index in [9.17, 15) is 9.59 Å². The van der Waals surface area contributed by atoms with Crippen molar-refractivity contribution in [2.24, 2.45) is 0 Å². The number of nitrogens with zero attached hydrogens (tertiary/aromatic N) is 1. The van der Waals surface area contributed by atoms with Crippen molar-refractivity contribution in [3.05, 3.63) is 83.1 Å². The maximum Gasteiger partial charge on any atom is 0.331 e. The zero-order valence-corrected chi connectivity index (χ0v) is 15.6. The van der Waals surface area contributed by atoms with Crippen LogP contribution in [-0.4, -0.2) is 22.9 Å². The molecule has 0 N–H and O–H groups in total. The van der Waals surface area contributed by atoms with Crippen molar-refractivity contribution >= 4 is 17.8 Å². The van der Waals surface area contributed by atoms with Crippen LogP contribution in [0.25, 0.3) is 11.8 Å². The molecule has 5 nitrogen and oxygen atoms in total. The molecule has 0 radical (unpaired) electrons. The highest BCUT2D eigenvalue weighted by molar-refractivity contribution is 6.00. The molecule has 0 aliphatic carbocycles. The van der Waals surface area contributed by atoms with Gasteiger partial charge in [0, 0.05) is 28.7 Å². The van der Waals surface area contributed by atoms with Crippen molar-refractivity contribution in [3.8, 4) is 5.69 Å². The van der Waals surface area contributed by atoms with Crippen LogP contribution in [0.2, 0.25) is 0 Å². The number of ketones is 1. The highest BCUT2D eigenvalue weighted by atomic mass is 16.5. The molecule has 5 heteroatoms. The standard InChI is InChI=1S/C22H21NO4/c1-15-6-8-18(9-7-15)23-16(2)13-20(17(23)3)21(24)14-27-22(25)11-10-19-5-4-12-26-19/h4-13H,14H2,1-3H3. The van der Waals surface area contributed by atoms with Gasteiger partial charge in [-0.1, -0.05) is 17.7 Å². The number of aryl methyl sites for hydroxylation is 2. The maximum absolute atomic E-state index is 12.5. The van der Waals surface area contributed by atoms with Gasteiger partial charge in [0.1, 0.15) is 5.76 Å². The van der Waals surface area contributed by atoms with Gasteiger partial charge in [0.25, 0.3) is 0 Å². The first kappa shape index (κ1) is 18.5. The summed E-state index contributed by atoms with van der Waals surface area (Å²) in [7, 11) is 0. The number of esters is 1. The van der Waals surface area contributed by atoms with E-state index in [0.29, 0.717) is 11.3 Å². The maximum atomic E-state index is 12.5. The first-order valence-corrected chi connectivity index (χ1v) is 8.63. The van der Waals surface area contributed by atoms with Gasteiger partial charge in [0.05, 0.1) is 6.26 Å². The third kappa shape index (κ3) is 4.26. The van der Waals surface area contributed by atoms with Gasteiger partial charge in [-0.25, -0.2) is 4.79 Å². The average Bonchev–Trinajstić information content (AvgIpc) is 3.27. The smallest absolute Gasteiger partial charge is 0.331 e. The molecule has 0 spiro atoms. The second kappa shape index (κ2) is 7.91. The van der Waals surface area contributed by atoms with Gasteiger partial charge in [-0.2, -0.15) is 0 Å². The fourth-order valence-corrected chi connectivity index (χ4v) is 2.94. The molecule has 0 bridgehead atoms. The second-order valence-corrected chi connectivity index (χ2v) is 6.34. The number of Topliss-reactive ketones (excluding diaryl/α,β-unsaturated/α-hetero) is 1. The molecule has 2 aromatic heterocycles. The average molecular weight is 363 g/mol. The molecule has 138 valence electrons. The molecule has 0 aliphatic heterocycles. The van der Waals surface area contributed by atoms with Crippen LogP contribution in [0.4, 0.5) is 0 Å². The van der Waals surface area contributed by atoms with E-state index in [2.05, 4.69) is 0 Å². The van der Waals surface area contributed by atoms with Crippen LogP contribution < -0.4 is 0 Å². The molecule has 3 aromatic rings. The van der Waals surface area contributed by atoms with Gasteiger partial charge in [-0.05, 0) is 57.2 Å². The fraction of sp³-hybridized carbons (Fsp3) is 0.182. The Labute approximate surface area is 157 Å². The molecule has 2 heterocycles. The van der Waals surface area contributed by atoms with Gasteiger partial charge >= 0.3 is 5.97 Å². The summed E-state index contributed by atoms with van der Waals surface area (Å²) in [5, 5.41) is 0. The van der Waals surface area contributed by atoms with Crippen LogP contribution in [0.1, 0.15) is 33.1 Å². The molecule has 3 rings (SSSR count). The molecule has 0 aliphatic rings. The Morgan fingerprint density at radius 1 is 1.11 bits per heavy atom. The molecule has 0 saturated heterocycles. The zero-order chi connectivity index (χ0) is 19.4. The third-order valence-electron chi connectivity index (χ3n) is 4.30. The summed E-state index contributed by atoms with van der Waals surface area (Å²) < 4.78 is 12.2. The number of rotatable bonds is 6. The molecular weight excluding hydrogens is 342 g/mol. The number of ether oxygens (including phenoxy) is 1. The highest BCUT2D eigenvalue weighted by Crippen LogP contribution is 2.21. The first-order valence-electron chi connectivity index (χ1n) is 8.63. The van der Waals surface area contributed by atoms with Crippen molar-refractivity contribution in [2.45, 2.75) is 20.8 Å². The lowest BCUT2D eigenvalue weighted by molar-refractivity contribution is -0.136. The second-order valence-electron chi connectivity index (χ2n) is 6.34. The van der Waals surface area contributed by atoms with Crippen molar-refractivity contribution in [3.63, 3.8) is 0 Å². The van der Waals surface area contributed by atoms with Gasteiger partial charge in [0.2, 0.25) is 5.78 Å². The topological polar surface area (TPSA) is 61.4 Å². The summed E-state index contributed by atoms with van der Waals surface area (Å²) >= 11 is 0. The van der Waals surface area contributed by atoms with Crippen LogP contribution in [0, 0.1) is 20.8 Å². The molecule has 1 aromatic carbocycles. The molecule has 27 heavy (non-hydrogen) atoms. The Hall–Kier alpha value is -3.34. The summed E-state index contributed by atoms with van der Waals surface area (Å²) in [6.45, 7) is 5.56. The Balaban J connectivity index is 1.69. The number of carbonyl (C=O) groups is 2. The number of benzene rings is 1. The van der Waals surface area contributed by atoms with E-state index >= 15 is 0 Å². The lowest BCUT2D eigenvalue weighted by atomic mass is 10.1. The predicted molar refractivity (Wildman–Crippen MR) is 103 cm³/mol. The first-order chi connectivity index (χ1) is 13.0. The Morgan fingerprint density at radius 2 is 1.85 bits per heavy atom. The Morgan fingerprint density at radius 3 is 2.52 bits per heavy atom. The van der Waals surface area contributed by atoms with Gasteiger partial charge in [-0.15, -0.1) is 0 Å². The SMILES string of the molecule is Cc1ccc(-n2c(C)cc(C(=O)COC(=O)C=Cc3ccco3)c2C)cc1. The van der Waals surface area contributed by atoms with Crippen LogP contribution in [-0.2, 0) is 9.53 Å². The molecule has 0 amide bonds. The Bertz CT molecular complexity index is 976. The monoisotopic (exact) mass is 363 g/mol. The third-order valence-corrected chi connectivity index (χ3v) is 4.30. The van der Waals surface area contributed by atoms with E-state index in [0.717, 1.165) is 17.1 Å². The molecular formula is C22H21NO4. The van der Waals surface area contributed by atoms with Crippen molar-refractivity contribution in [1.82, 2.24) is 4.57 Å².